The number of imide groups is 1. The van der Waals surface area contributed by atoms with Gasteiger partial charge in [-0.15, -0.1) is 6.58 Å². The third-order valence-electron chi connectivity index (χ3n) is 2.68. The fourth-order valence-electron chi connectivity index (χ4n) is 1.53. The molecule has 0 aromatic carbocycles. The van der Waals surface area contributed by atoms with Gasteiger partial charge >= 0.3 is 6.03 Å². The van der Waals surface area contributed by atoms with Crippen LogP contribution < -0.4 is 16.4 Å². The predicted octanol–water partition coefficient (Wildman–Crippen LogP) is 0.305. The summed E-state index contributed by atoms with van der Waals surface area (Å²) in [5.74, 6) is -0.323. The van der Waals surface area contributed by atoms with Crippen molar-refractivity contribution in [1.82, 2.24) is 15.5 Å². The lowest BCUT2D eigenvalue weighted by Gasteiger charge is -2.30. The van der Waals surface area contributed by atoms with Gasteiger partial charge < -0.3 is 11.1 Å². The van der Waals surface area contributed by atoms with Gasteiger partial charge in [0.05, 0.1) is 6.54 Å². The minimum Gasteiger partial charge on any atom is -0.334 e. The zero-order valence-corrected chi connectivity index (χ0v) is 12.2. The molecule has 4 N–H and O–H groups in total. The number of likely N-dealkylation sites (N-methyl/N-ethyl adjacent to an activating group) is 1. The normalized spacial score (nSPS) is 11.2. The van der Waals surface area contributed by atoms with E-state index in [0.717, 1.165) is 6.54 Å². The van der Waals surface area contributed by atoms with Gasteiger partial charge in [0.25, 0.3) is 0 Å². The third kappa shape index (κ3) is 8.34. The van der Waals surface area contributed by atoms with Crippen LogP contribution >= 0.6 is 0 Å². The molecule has 0 saturated carbocycles. The first-order valence-electron chi connectivity index (χ1n) is 6.45. The zero-order chi connectivity index (χ0) is 14.9. The Kier molecular flexibility index (Phi) is 8.02. The van der Waals surface area contributed by atoms with Crippen molar-refractivity contribution >= 4 is 11.9 Å². The Balaban J connectivity index is 4.20. The molecular formula is C13H26N4O2. The number of hydrogen-bond donors (Lipinski definition) is 3. The first-order valence-corrected chi connectivity index (χ1v) is 6.45. The van der Waals surface area contributed by atoms with E-state index in [-0.39, 0.29) is 17.9 Å². The highest BCUT2D eigenvalue weighted by atomic mass is 16.2. The maximum absolute atomic E-state index is 11.7. The molecule has 0 spiro atoms. The van der Waals surface area contributed by atoms with E-state index in [1.807, 2.05) is 25.7 Å². The second-order valence-electron chi connectivity index (χ2n) is 5.22. The molecule has 6 nitrogen and oxygen atoms in total. The quantitative estimate of drug-likeness (QED) is 0.554. The Bertz CT molecular complexity index is 316. The van der Waals surface area contributed by atoms with Gasteiger partial charge in [-0.2, -0.15) is 0 Å². The SMILES string of the molecule is C=CCNC(=O)NC(=O)CN(CC)CC(C)(C)CN. The maximum atomic E-state index is 11.7. The Morgan fingerprint density at radius 1 is 1.42 bits per heavy atom. The average molecular weight is 270 g/mol. The Morgan fingerprint density at radius 2 is 2.05 bits per heavy atom. The molecule has 0 atom stereocenters. The summed E-state index contributed by atoms with van der Waals surface area (Å²) in [4.78, 5) is 24.9. The summed E-state index contributed by atoms with van der Waals surface area (Å²) in [6, 6.07) is -0.501. The van der Waals surface area contributed by atoms with Crippen molar-refractivity contribution in [2.45, 2.75) is 20.8 Å². The first kappa shape index (κ1) is 17.6. The topological polar surface area (TPSA) is 87.5 Å². The standard InChI is InChI=1S/C13H26N4O2/c1-5-7-15-12(19)16-11(18)8-17(6-2)10-13(3,4)9-14/h5H,1,6-10,14H2,2-4H3,(H2,15,16,18,19). The van der Waals surface area contributed by atoms with Crippen molar-refractivity contribution in [1.29, 1.82) is 0 Å². The van der Waals surface area contributed by atoms with Crippen molar-refractivity contribution < 1.29 is 9.59 Å². The average Bonchev–Trinajstić information content (AvgIpc) is 2.35. The zero-order valence-electron chi connectivity index (χ0n) is 12.2. The monoisotopic (exact) mass is 270 g/mol. The summed E-state index contributed by atoms with van der Waals surface area (Å²) >= 11 is 0. The van der Waals surface area contributed by atoms with Crippen molar-refractivity contribution in [3.05, 3.63) is 12.7 Å². The number of amides is 3. The molecular weight excluding hydrogens is 244 g/mol. The van der Waals surface area contributed by atoms with Crippen LogP contribution in [0.3, 0.4) is 0 Å². The van der Waals surface area contributed by atoms with Crippen LogP contribution in [0.2, 0.25) is 0 Å². The minimum atomic E-state index is -0.501. The van der Waals surface area contributed by atoms with Crippen LogP contribution in [-0.2, 0) is 4.79 Å². The molecule has 0 fully saturated rings. The number of rotatable bonds is 8. The molecule has 0 aliphatic carbocycles. The number of nitrogens with one attached hydrogen (secondary N) is 2. The van der Waals surface area contributed by atoms with E-state index in [9.17, 15) is 9.59 Å². The van der Waals surface area contributed by atoms with E-state index in [4.69, 9.17) is 5.73 Å². The third-order valence-corrected chi connectivity index (χ3v) is 2.68. The summed E-state index contributed by atoms with van der Waals surface area (Å²) in [7, 11) is 0. The summed E-state index contributed by atoms with van der Waals surface area (Å²) in [5.41, 5.74) is 5.62. The first-order chi connectivity index (χ1) is 8.84. The van der Waals surface area contributed by atoms with Gasteiger partial charge in [-0.3, -0.25) is 15.0 Å². The van der Waals surface area contributed by atoms with E-state index in [1.165, 1.54) is 0 Å². The van der Waals surface area contributed by atoms with E-state index < -0.39 is 6.03 Å². The summed E-state index contributed by atoms with van der Waals surface area (Å²) in [6.07, 6.45) is 1.55. The summed E-state index contributed by atoms with van der Waals surface area (Å²) in [5, 5.41) is 4.76. The van der Waals surface area contributed by atoms with Gasteiger partial charge in [0.1, 0.15) is 0 Å². The number of carbonyl (C=O) groups is 2. The van der Waals surface area contributed by atoms with Gasteiger partial charge in [-0.05, 0) is 18.5 Å². The fourth-order valence-corrected chi connectivity index (χ4v) is 1.53. The second kappa shape index (κ2) is 8.66. The van der Waals surface area contributed by atoms with Gasteiger partial charge in [0.15, 0.2) is 0 Å². The molecule has 3 amide bonds. The van der Waals surface area contributed by atoms with Crippen molar-refractivity contribution in [2.75, 3.05) is 32.7 Å². The van der Waals surface area contributed by atoms with Crippen LogP contribution in [0.5, 0.6) is 0 Å². The van der Waals surface area contributed by atoms with E-state index in [2.05, 4.69) is 17.2 Å². The molecule has 0 saturated heterocycles. The minimum absolute atomic E-state index is 0.0542. The molecule has 19 heavy (non-hydrogen) atoms. The van der Waals surface area contributed by atoms with Crippen molar-refractivity contribution in [3.63, 3.8) is 0 Å². The van der Waals surface area contributed by atoms with Crippen LogP contribution in [0.1, 0.15) is 20.8 Å². The molecule has 0 aliphatic heterocycles. The molecule has 0 heterocycles. The van der Waals surface area contributed by atoms with Gasteiger partial charge in [0.2, 0.25) is 5.91 Å². The van der Waals surface area contributed by atoms with Crippen molar-refractivity contribution in [3.8, 4) is 0 Å². The van der Waals surface area contributed by atoms with Gasteiger partial charge in [-0.1, -0.05) is 26.8 Å². The molecule has 0 rings (SSSR count). The van der Waals surface area contributed by atoms with Crippen LogP contribution in [0, 0.1) is 5.41 Å². The number of hydrogen-bond acceptors (Lipinski definition) is 4. The molecule has 6 heteroatoms. The molecule has 0 aromatic heterocycles. The Hall–Kier alpha value is -1.40. The second-order valence-corrected chi connectivity index (χ2v) is 5.22. The van der Waals surface area contributed by atoms with Crippen molar-refractivity contribution in [2.24, 2.45) is 11.1 Å². The maximum Gasteiger partial charge on any atom is 0.321 e. The molecule has 0 radical (unpaired) electrons. The fraction of sp³-hybridized carbons (Fsp3) is 0.692. The van der Waals surface area contributed by atoms with E-state index >= 15 is 0 Å². The van der Waals surface area contributed by atoms with Crippen LogP contribution in [0.25, 0.3) is 0 Å². The van der Waals surface area contributed by atoms with Crippen LogP contribution in [-0.4, -0.2) is 49.6 Å². The smallest absolute Gasteiger partial charge is 0.321 e. The number of urea groups is 1. The van der Waals surface area contributed by atoms with E-state index in [1.54, 1.807) is 6.08 Å². The lowest BCUT2D eigenvalue weighted by molar-refractivity contribution is -0.121. The predicted molar refractivity (Wildman–Crippen MR) is 76.7 cm³/mol. The Labute approximate surface area is 115 Å². The van der Waals surface area contributed by atoms with E-state index in [0.29, 0.717) is 19.6 Å². The highest BCUT2D eigenvalue weighted by molar-refractivity contribution is 5.95. The number of carbonyl (C=O) groups excluding carboxylic acids is 2. The molecule has 110 valence electrons. The lowest BCUT2D eigenvalue weighted by Crippen LogP contribution is -2.47. The Morgan fingerprint density at radius 3 is 2.53 bits per heavy atom. The highest BCUT2D eigenvalue weighted by Crippen LogP contribution is 2.14. The molecule has 0 aliphatic rings. The lowest BCUT2D eigenvalue weighted by atomic mass is 9.93. The van der Waals surface area contributed by atoms with Crippen LogP contribution in [0.15, 0.2) is 12.7 Å². The van der Waals surface area contributed by atoms with Gasteiger partial charge in [0, 0.05) is 13.1 Å². The largest absolute Gasteiger partial charge is 0.334 e. The highest BCUT2D eigenvalue weighted by Gasteiger charge is 2.21. The molecule has 0 bridgehead atoms. The summed E-state index contributed by atoms with van der Waals surface area (Å²) < 4.78 is 0. The molecule has 0 aromatic rings. The van der Waals surface area contributed by atoms with Crippen LogP contribution in [0.4, 0.5) is 4.79 Å². The van der Waals surface area contributed by atoms with Gasteiger partial charge in [-0.25, -0.2) is 4.79 Å². The molecule has 0 unspecified atom stereocenters. The number of nitrogens with zero attached hydrogens (tertiary/aromatic N) is 1. The summed E-state index contributed by atoms with van der Waals surface area (Å²) in [6.45, 7) is 12.0. The number of nitrogens with two attached hydrogens (primary N) is 1.